The number of halogens is 1. The second kappa shape index (κ2) is 11.3. The SMILES string of the molecule is CCCN(CC(=O)N(Cc1ccc(F)cc1)Cc1sccc1C)S(=O)(=O)c1cccc2ccccc12. The maximum atomic E-state index is 13.8. The van der Waals surface area contributed by atoms with E-state index in [1.165, 1.54) is 16.4 Å². The second-order valence-electron chi connectivity index (χ2n) is 8.72. The van der Waals surface area contributed by atoms with E-state index in [4.69, 9.17) is 0 Å². The van der Waals surface area contributed by atoms with Gasteiger partial charge in [-0.3, -0.25) is 4.79 Å². The summed E-state index contributed by atoms with van der Waals surface area (Å²) < 4.78 is 42.3. The third-order valence-electron chi connectivity index (χ3n) is 6.09. The molecule has 36 heavy (non-hydrogen) atoms. The van der Waals surface area contributed by atoms with Crippen LogP contribution in [-0.2, 0) is 27.9 Å². The van der Waals surface area contributed by atoms with Crippen molar-refractivity contribution in [2.75, 3.05) is 13.1 Å². The monoisotopic (exact) mass is 524 g/mol. The van der Waals surface area contributed by atoms with Crippen molar-refractivity contribution < 1.29 is 17.6 Å². The van der Waals surface area contributed by atoms with Crippen LogP contribution in [-0.4, -0.2) is 36.6 Å². The first-order valence-electron chi connectivity index (χ1n) is 11.8. The van der Waals surface area contributed by atoms with Gasteiger partial charge in [-0.15, -0.1) is 11.3 Å². The van der Waals surface area contributed by atoms with Gasteiger partial charge in [0.15, 0.2) is 0 Å². The van der Waals surface area contributed by atoms with E-state index >= 15 is 0 Å². The smallest absolute Gasteiger partial charge is 0.244 e. The van der Waals surface area contributed by atoms with Gasteiger partial charge in [0.1, 0.15) is 5.82 Å². The Morgan fingerprint density at radius 1 is 0.944 bits per heavy atom. The molecular formula is C28H29FN2O3S2. The molecule has 0 radical (unpaired) electrons. The topological polar surface area (TPSA) is 57.7 Å². The minimum atomic E-state index is -3.93. The molecule has 8 heteroatoms. The molecule has 0 bridgehead atoms. The first-order chi connectivity index (χ1) is 17.3. The van der Waals surface area contributed by atoms with Crippen LogP contribution >= 0.6 is 11.3 Å². The molecular weight excluding hydrogens is 495 g/mol. The Balaban J connectivity index is 1.64. The summed E-state index contributed by atoms with van der Waals surface area (Å²) >= 11 is 1.56. The Labute approximate surface area is 215 Å². The Bertz CT molecular complexity index is 1440. The molecule has 188 valence electrons. The zero-order chi connectivity index (χ0) is 25.7. The number of nitrogens with zero attached hydrogens (tertiary/aromatic N) is 2. The van der Waals surface area contributed by atoms with Crippen LogP contribution in [0.15, 0.2) is 83.1 Å². The summed E-state index contributed by atoms with van der Waals surface area (Å²) in [4.78, 5) is 16.5. The minimum absolute atomic E-state index is 0.195. The summed E-state index contributed by atoms with van der Waals surface area (Å²) in [6, 6.07) is 20.5. The first kappa shape index (κ1) is 26.0. The largest absolute Gasteiger partial charge is 0.332 e. The van der Waals surface area contributed by atoms with E-state index in [9.17, 15) is 17.6 Å². The third-order valence-corrected chi connectivity index (χ3v) is 9.01. The molecule has 0 N–H and O–H groups in total. The van der Waals surface area contributed by atoms with Gasteiger partial charge in [0.2, 0.25) is 15.9 Å². The molecule has 0 saturated carbocycles. The summed E-state index contributed by atoms with van der Waals surface area (Å²) in [6.45, 7) is 4.44. The van der Waals surface area contributed by atoms with Crippen LogP contribution in [0.5, 0.6) is 0 Å². The van der Waals surface area contributed by atoms with E-state index in [2.05, 4.69) is 0 Å². The molecule has 1 aromatic heterocycles. The van der Waals surface area contributed by atoms with Gasteiger partial charge in [-0.25, -0.2) is 12.8 Å². The van der Waals surface area contributed by atoms with Crippen LogP contribution in [0.1, 0.15) is 29.3 Å². The minimum Gasteiger partial charge on any atom is -0.332 e. The third kappa shape index (κ3) is 5.83. The summed E-state index contributed by atoms with van der Waals surface area (Å²) in [5.74, 6) is -0.648. The quantitative estimate of drug-likeness (QED) is 0.257. The fraction of sp³-hybridized carbons (Fsp3) is 0.250. The molecule has 0 spiro atoms. The molecule has 0 unspecified atom stereocenters. The van der Waals surface area contributed by atoms with E-state index in [1.54, 1.807) is 46.6 Å². The van der Waals surface area contributed by atoms with Crippen molar-refractivity contribution in [1.29, 1.82) is 0 Å². The molecule has 0 saturated heterocycles. The standard InChI is InChI=1S/C28H29FN2O3S2/c1-3-16-31(36(33,34)27-10-6-8-23-7-4-5-9-25(23)27)20-28(32)30(19-26-21(2)15-17-35-26)18-22-11-13-24(29)14-12-22/h4-15,17H,3,16,18-20H2,1-2H3. The molecule has 0 aliphatic carbocycles. The molecule has 1 heterocycles. The molecule has 0 atom stereocenters. The molecule has 5 nitrogen and oxygen atoms in total. The predicted octanol–water partition coefficient (Wildman–Crippen LogP) is 5.98. The van der Waals surface area contributed by atoms with E-state index in [0.717, 1.165) is 21.4 Å². The van der Waals surface area contributed by atoms with Gasteiger partial charge in [0, 0.05) is 23.4 Å². The van der Waals surface area contributed by atoms with Crippen molar-refractivity contribution in [3.05, 3.63) is 100.0 Å². The van der Waals surface area contributed by atoms with Crippen molar-refractivity contribution in [2.45, 2.75) is 38.3 Å². The lowest BCUT2D eigenvalue weighted by Gasteiger charge is -2.27. The number of thiophene rings is 1. The number of carbonyl (C=O) groups excluding carboxylic acids is 1. The van der Waals surface area contributed by atoms with Crippen molar-refractivity contribution in [2.24, 2.45) is 0 Å². The highest BCUT2D eigenvalue weighted by Crippen LogP contribution is 2.26. The highest BCUT2D eigenvalue weighted by molar-refractivity contribution is 7.89. The fourth-order valence-corrected chi connectivity index (χ4v) is 6.74. The van der Waals surface area contributed by atoms with Gasteiger partial charge >= 0.3 is 0 Å². The number of carbonyl (C=O) groups is 1. The highest BCUT2D eigenvalue weighted by atomic mass is 32.2. The van der Waals surface area contributed by atoms with Crippen LogP contribution in [0.2, 0.25) is 0 Å². The van der Waals surface area contributed by atoms with Crippen molar-refractivity contribution in [3.8, 4) is 0 Å². The van der Waals surface area contributed by atoms with Crippen LogP contribution in [0.3, 0.4) is 0 Å². The molecule has 4 aromatic rings. The number of hydrogen-bond acceptors (Lipinski definition) is 4. The number of fused-ring (bicyclic) bond motifs is 1. The zero-order valence-corrected chi connectivity index (χ0v) is 22.0. The summed E-state index contributed by atoms with van der Waals surface area (Å²) in [6.07, 6.45) is 0.569. The number of aryl methyl sites for hydroxylation is 1. The predicted molar refractivity (Wildman–Crippen MR) is 143 cm³/mol. The number of benzene rings is 3. The van der Waals surface area contributed by atoms with Gasteiger partial charge in [-0.05, 0) is 59.5 Å². The Morgan fingerprint density at radius 2 is 1.67 bits per heavy atom. The molecule has 0 aliphatic rings. The van der Waals surface area contributed by atoms with Crippen LogP contribution in [0.4, 0.5) is 4.39 Å². The molecule has 0 fully saturated rings. The lowest BCUT2D eigenvalue weighted by atomic mass is 10.1. The van der Waals surface area contributed by atoms with E-state index < -0.39 is 10.0 Å². The van der Waals surface area contributed by atoms with Gasteiger partial charge in [-0.1, -0.05) is 55.5 Å². The summed E-state index contributed by atoms with van der Waals surface area (Å²) in [5, 5.41) is 3.43. The average Bonchev–Trinajstić information content (AvgIpc) is 3.28. The zero-order valence-electron chi connectivity index (χ0n) is 20.4. The van der Waals surface area contributed by atoms with Crippen molar-refractivity contribution in [1.82, 2.24) is 9.21 Å². The normalized spacial score (nSPS) is 11.8. The molecule has 1 amide bonds. The fourth-order valence-electron chi connectivity index (χ4n) is 4.13. The van der Waals surface area contributed by atoms with Crippen LogP contribution < -0.4 is 0 Å². The average molecular weight is 525 g/mol. The second-order valence-corrected chi connectivity index (χ2v) is 11.6. The van der Waals surface area contributed by atoms with E-state index in [-0.39, 0.29) is 36.3 Å². The van der Waals surface area contributed by atoms with Crippen LogP contribution in [0, 0.1) is 12.7 Å². The van der Waals surface area contributed by atoms with E-state index in [1.807, 2.05) is 49.6 Å². The first-order valence-corrected chi connectivity index (χ1v) is 14.1. The van der Waals surface area contributed by atoms with Gasteiger partial charge in [-0.2, -0.15) is 4.31 Å². The van der Waals surface area contributed by atoms with Gasteiger partial charge in [0.05, 0.1) is 18.0 Å². The lowest BCUT2D eigenvalue weighted by Crippen LogP contribution is -2.42. The number of rotatable bonds is 10. The summed E-state index contributed by atoms with van der Waals surface area (Å²) in [7, 11) is -3.93. The number of hydrogen-bond donors (Lipinski definition) is 0. The number of sulfonamides is 1. The van der Waals surface area contributed by atoms with Crippen molar-refractivity contribution >= 4 is 38.0 Å². The summed E-state index contributed by atoms with van der Waals surface area (Å²) in [5.41, 5.74) is 1.85. The Hall–Kier alpha value is -3.07. The lowest BCUT2D eigenvalue weighted by molar-refractivity contribution is -0.132. The van der Waals surface area contributed by atoms with Crippen molar-refractivity contribution in [3.63, 3.8) is 0 Å². The van der Waals surface area contributed by atoms with Gasteiger partial charge < -0.3 is 4.90 Å². The Morgan fingerprint density at radius 3 is 2.36 bits per heavy atom. The van der Waals surface area contributed by atoms with Crippen LogP contribution in [0.25, 0.3) is 10.8 Å². The van der Waals surface area contributed by atoms with E-state index in [0.29, 0.717) is 18.4 Å². The van der Waals surface area contributed by atoms with Gasteiger partial charge in [0.25, 0.3) is 0 Å². The maximum absolute atomic E-state index is 13.8. The molecule has 4 rings (SSSR count). The highest BCUT2D eigenvalue weighted by Gasteiger charge is 2.29. The molecule has 3 aromatic carbocycles. The maximum Gasteiger partial charge on any atom is 0.244 e. The number of amides is 1. The molecule has 0 aliphatic heterocycles. The Kier molecular flexibility index (Phi) is 8.18.